The number of hydrogen-bond acceptors (Lipinski definition) is 7. The van der Waals surface area contributed by atoms with E-state index < -0.39 is 53.1 Å². The van der Waals surface area contributed by atoms with Crippen molar-refractivity contribution in [3.05, 3.63) is 27.1 Å². The Labute approximate surface area is 197 Å². The number of nitrogens with one attached hydrogen (secondary N) is 1. The Bertz CT molecular complexity index is 1070. The maximum Gasteiger partial charge on any atom is 0.436 e. The Morgan fingerprint density at radius 1 is 1.39 bits per heavy atom. The minimum atomic E-state index is -4.72. The third-order valence-electron chi connectivity index (χ3n) is 5.09. The van der Waals surface area contributed by atoms with Crippen LogP contribution in [0.5, 0.6) is 0 Å². The molecule has 0 spiro atoms. The van der Waals surface area contributed by atoms with Crippen molar-refractivity contribution in [3.8, 4) is 0 Å². The summed E-state index contributed by atoms with van der Waals surface area (Å²) >= 11 is 4.01. The molecule has 1 fully saturated rings. The van der Waals surface area contributed by atoms with Crippen LogP contribution in [0.3, 0.4) is 0 Å². The molecule has 0 aromatic carbocycles. The van der Waals surface area contributed by atoms with Gasteiger partial charge in [-0.15, -0.1) is 11.8 Å². The smallest absolute Gasteiger partial charge is 0.436 e. The molecule has 1 aromatic rings. The van der Waals surface area contributed by atoms with Crippen LogP contribution in [0.2, 0.25) is 0 Å². The number of halogens is 4. The van der Waals surface area contributed by atoms with Gasteiger partial charge in [-0.05, 0) is 29.8 Å². The van der Waals surface area contributed by atoms with E-state index in [-0.39, 0.29) is 33.8 Å². The van der Waals surface area contributed by atoms with Gasteiger partial charge in [-0.25, -0.2) is 4.79 Å². The predicted octanol–water partition coefficient (Wildman–Crippen LogP) is 1.84. The fraction of sp³-hybridized carbons (Fsp3) is 0.500. The van der Waals surface area contributed by atoms with Gasteiger partial charge >= 0.3 is 18.1 Å². The van der Waals surface area contributed by atoms with Crippen LogP contribution < -0.4 is 5.32 Å². The van der Waals surface area contributed by atoms with Crippen LogP contribution in [0.25, 0.3) is 0 Å². The van der Waals surface area contributed by atoms with E-state index in [1.165, 1.54) is 32.5 Å². The van der Waals surface area contributed by atoms with Crippen LogP contribution in [-0.4, -0.2) is 67.3 Å². The molecule has 0 aliphatic carbocycles. The monoisotopic (exact) mass is 554 g/mol. The number of hydrogen-bond donors (Lipinski definition) is 2. The van der Waals surface area contributed by atoms with Crippen molar-refractivity contribution in [2.75, 3.05) is 12.4 Å². The number of carbonyl (C=O) groups excluding carboxylic acids is 3. The highest BCUT2D eigenvalue weighted by Gasteiger charge is 2.54. The summed E-state index contributed by atoms with van der Waals surface area (Å²) in [5.41, 5.74) is -1.18. The van der Waals surface area contributed by atoms with Gasteiger partial charge < -0.3 is 15.2 Å². The molecule has 0 unspecified atom stereocenters. The number of rotatable bonds is 6. The van der Waals surface area contributed by atoms with Gasteiger partial charge in [0.25, 0.3) is 5.91 Å². The first kappa shape index (κ1) is 25.1. The number of carboxylic acid groups (broad SMARTS) is 1. The first-order valence-corrected chi connectivity index (χ1v) is 11.2. The highest BCUT2D eigenvalue weighted by Crippen LogP contribution is 2.41. The zero-order valence-corrected chi connectivity index (χ0v) is 19.8. The van der Waals surface area contributed by atoms with Gasteiger partial charge in [0.1, 0.15) is 29.8 Å². The standard InChI is InChI=1S/C18H18BrF3N4O6S/c1-6-10(19)13(18(20,21)22)24-26(6)7(2)14(28)23-11-15(29)25-12(17(30)31)9(4-32-8(3)27)5-33-16(11)25/h7,11,16H,4-5H2,1-3H3,(H,23,28)(H,30,31)/t7-,11-,16-/m1/s1. The number of aliphatic carboxylic acids is 1. The van der Waals surface area contributed by atoms with E-state index in [1.54, 1.807) is 0 Å². The molecular weight excluding hydrogens is 537 g/mol. The quantitative estimate of drug-likeness (QED) is 0.402. The molecule has 3 rings (SSSR count). The average Bonchev–Trinajstić information content (AvgIpc) is 3.03. The van der Waals surface area contributed by atoms with Crippen molar-refractivity contribution in [2.45, 2.75) is 44.4 Å². The minimum Gasteiger partial charge on any atom is -0.477 e. The molecule has 0 saturated carbocycles. The maximum absolute atomic E-state index is 13.1. The van der Waals surface area contributed by atoms with Crippen LogP contribution in [0.15, 0.2) is 15.7 Å². The number of carbonyl (C=O) groups is 4. The van der Waals surface area contributed by atoms with Crippen molar-refractivity contribution in [3.63, 3.8) is 0 Å². The average molecular weight is 555 g/mol. The van der Waals surface area contributed by atoms with Gasteiger partial charge in [0.05, 0.1) is 10.2 Å². The summed E-state index contributed by atoms with van der Waals surface area (Å²) in [6, 6.07) is -2.25. The minimum absolute atomic E-state index is 0.0739. The lowest BCUT2D eigenvalue weighted by molar-refractivity contribution is -0.151. The van der Waals surface area contributed by atoms with E-state index in [0.717, 1.165) is 9.58 Å². The fourth-order valence-electron chi connectivity index (χ4n) is 3.42. The van der Waals surface area contributed by atoms with Crippen molar-refractivity contribution in [1.82, 2.24) is 20.0 Å². The van der Waals surface area contributed by atoms with Crippen molar-refractivity contribution in [1.29, 1.82) is 0 Å². The lowest BCUT2D eigenvalue weighted by atomic mass is 10.0. The summed E-state index contributed by atoms with van der Waals surface area (Å²) in [5, 5.41) is 14.8. The van der Waals surface area contributed by atoms with Gasteiger partial charge in [0, 0.05) is 18.2 Å². The van der Waals surface area contributed by atoms with Gasteiger partial charge in [0.15, 0.2) is 5.69 Å². The number of amides is 2. The van der Waals surface area contributed by atoms with E-state index in [9.17, 15) is 37.5 Å². The number of nitrogens with zero attached hydrogens (tertiary/aromatic N) is 3. The number of β-lactam (4-membered cyclic amide) rings is 1. The normalized spacial score (nSPS) is 21.3. The number of esters is 1. The highest BCUT2D eigenvalue weighted by molar-refractivity contribution is 9.10. The zero-order chi connectivity index (χ0) is 24.8. The first-order valence-electron chi connectivity index (χ1n) is 9.41. The highest BCUT2D eigenvalue weighted by atomic mass is 79.9. The molecule has 33 heavy (non-hydrogen) atoms. The van der Waals surface area contributed by atoms with Crippen molar-refractivity contribution < 1.29 is 42.2 Å². The van der Waals surface area contributed by atoms with Crippen LogP contribution >= 0.6 is 27.7 Å². The topological polar surface area (TPSA) is 131 Å². The third-order valence-corrected chi connectivity index (χ3v) is 7.38. The molecule has 0 radical (unpaired) electrons. The Kier molecular flexibility index (Phi) is 6.84. The number of alkyl halides is 3. The number of ether oxygens (including phenoxy) is 1. The van der Waals surface area contributed by atoms with E-state index in [1.807, 2.05) is 0 Å². The Morgan fingerprint density at radius 3 is 2.55 bits per heavy atom. The molecule has 1 saturated heterocycles. The van der Waals surface area contributed by atoms with Gasteiger partial charge in [-0.1, -0.05) is 0 Å². The number of fused-ring (bicyclic) bond motifs is 1. The molecule has 10 nitrogen and oxygen atoms in total. The number of aromatic nitrogens is 2. The predicted molar refractivity (Wildman–Crippen MR) is 111 cm³/mol. The second-order valence-electron chi connectivity index (χ2n) is 7.30. The lowest BCUT2D eigenvalue weighted by Crippen LogP contribution is -2.71. The summed E-state index contributed by atoms with van der Waals surface area (Å²) in [4.78, 5) is 49.1. The van der Waals surface area contributed by atoms with Crippen LogP contribution in [-0.2, 0) is 30.1 Å². The summed E-state index contributed by atoms with van der Waals surface area (Å²) in [7, 11) is 0. The van der Waals surface area contributed by atoms with Crippen LogP contribution in [0.4, 0.5) is 13.2 Å². The summed E-state index contributed by atoms with van der Waals surface area (Å²) in [6.45, 7) is 3.57. The van der Waals surface area contributed by atoms with E-state index in [0.29, 0.717) is 0 Å². The van der Waals surface area contributed by atoms with Crippen molar-refractivity contribution in [2.24, 2.45) is 0 Å². The summed E-state index contributed by atoms with van der Waals surface area (Å²) in [5.74, 6) is -3.30. The molecule has 180 valence electrons. The SMILES string of the molecule is CC(=O)OCC1=C(C(=O)O)N2C(=O)[C@@H](NC(=O)[C@@H](C)n3nc(C(F)(F)F)c(Br)c3C)[C@H]2SC1. The fourth-order valence-corrected chi connectivity index (χ4v) is 5.24. The molecule has 1 aromatic heterocycles. The zero-order valence-electron chi connectivity index (χ0n) is 17.4. The Hall–Kier alpha value is -2.55. The van der Waals surface area contributed by atoms with Gasteiger partial charge in [-0.2, -0.15) is 18.3 Å². The summed E-state index contributed by atoms with van der Waals surface area (Å²) in [6.07, 6.45) is -4.72. The van der Waals surface area contributed by atoms with Gasteiger partial charge in [-0.3, -0.25) is 24.0 Å². The maximum atomic E-state index is 13.1. The van der Waals surface area contributed by atoms with Crippen LogP contribution in [0.1, 0.15) is 31.3 Å². The van der Waals surface area contributed by atoms with Gasteiger partial charge in [0.2, 0.25) is 5.91 Å². The van der Waals surface area contributed by atoms with E-state index in [2.05, 4.69) is 26.3 Å². The molecule has 15 heteroatoms. The number of thioether (sulfide) groups is 1. The third kappa shape index (κ3) is 4.60. The molecule has 2 N–H and O–H groups in total. The largest absolute Gasteiger partial charge is 0.477 e. The Balaban J connectivity index is 1.76. The second kappa shape index (κ2) is 9.00. The second-order valence-corrected chi connectivity index (χ2v) is 9.20. The molecule has 2 aliphatic heterocycles. The Morgan fingerprint density at radius 2 is 2.03 bits per heavy atom. The molecule has 3 heterocycles. The lowest BCUT2D eigenvalue weighted by Gasteiger charge is -2.49. The van der Waals surface area contributed by atoms with Crippen LogP contribution in [0, 0.1) is 6.92 Å². The number of carboxylic acids is 1. The molecular formula is C18H18BrF3N4O6S. The summed E-state index contributed by atoms with van der Waals surface area (Å²) < 4.78 is 44.8. The molecule has 2 aliphatic rings. The van der Waals surface area contributed by atoms with E-state index in [4.69, 9.17) is 4.74 Å². The molecule has 2 amide bonds. The molecule has 0 bridgehead atoms. The molecule has 3 atom stereocenters. The van der Waals surface area contributed by atoms with E-state index >= 15 is 0 Å². The first-order chi connectivity index (χ1) is 15.3. The van der Waals surface area contributed by atoms with Crippen molar-refractivity contribution >= 4 is 51.4 Å².